The Labute approximate surface area is 159 Å². The highest BCUT2D eigenvalue weighted by Crippen LogP contribution is 2.35. The van der Waals surface area contributed by atoms with Gasteiger partial charge in [0.05, 0.1) is 12.0 Å². The lowest BCUT2D eigenvalue weighted by Crippen LogP contribution is -2.35. The molecular weight excluding hydrogens is 346 g/mol. The molecule has 0 aliphatic heterocycles. The van der Waals surface area contributed by atoms with E-state index in [0.29, 0.717) is 0 Å². The quantitative estimate of drug-likeness (QED) is 0.557. The molecule has 4 nitrogen and oxygen atoms in total. The fourth-order valence-corrected chi connectivity index (χ4v) is 3.38. The number of ether oxygens (including phenoxy) is 1. The van der Waals surface area contributed by atoms with Gasteiger partial charge in [0.15, 0.2) is 0 Å². The Morgan fingerprint density at radius 3 is 2.12 bits per heavy atom. The van der Waals surface area contributed by atoms with Crippen LogP contribution in [-0.2, 0) is 14.3 Å². The first-order valence-electron chi connectivity index (χ1n) is 8.72. The van der Waals surface area contributed by atoms with E-state index in [0.717, 1.165) is 10.5 Å². The number of amides is 1. The lowest BCUT2D eigenvalue weighted by Gasteiger charge is -2.19. The summed E-state index contributed by atoms with van der Waals surface area (Å²) in [4.78, 5) is 25.7. The van der Waals surface area contributed by atoms with Crippen LogP contribution in [0.25, 0.3) is 0 Å². The summed E-state index contributed by atoms with van der Waals surface area (Å²) in [6.45, 7) is 5.63. The Kier molecular flexibility index (Phi) is 7.73. The van der Waals surface area contributed by atoms with Gasteiger partial charge >= 0.3 is 5.97 Å². The summed E-state index contributed by atoms with van der Waals surface area (Å²) in [6, 6.07) is 19.5. The molecule has 0 bridgehead atoms. The van der Waals surface area contributed by atoms with Crippen molar-refractivity contribution in [1.82, 2.24) is 5.32 Å². The van der Waals surface area contributed by atoms with Crippen molar-refractivity contribution in [2.45, 2.75) is 37.0 Å². The maximum Gasteiger partial charge on any atom is 0.310 e. The molecule has 2 unspecified atom stereocenters. The number of carbonyl (C=O) groups excluding carboxylic acids is 2. The maximum absolute atomic E-state index is 12.8. The molecule has 0 saturated heterocycles. The molecule has 138 valence electrons. The number of hydrogen-bond donors (Lipinski definition) is 1. The fourth-order valence-electron chi connectivity index (χ4n) is 2.31. The van der Waals surface area contributed by atoms with Crippen molar-refractivity contribution in [3.8, 4) is 0 Å². The predicted octanol–water partition coefficient (Wildman–Crippen LogP) is 4.22. The molecule has 0 radical (unpaired) electrons. The van der Waals surface area contributed by atoms with E-state index in [4.69, 9.17) is 4.74 Å². The van der Waals surface area contributed by atoms with Crippen LogP contribution in [0.3, 0.4) is 0 Å². The van der Waals surface area contributed by atoms with Gasteiger partial charge in [-0.1, -0.05) is 55.5 Å². The van der Waals surface area contributed by atoms with Gasteiger partial charge in [-0.15, -0.1) is 11.8 Å². The highest BCUT2D eigenvalue weighted by molar-refractivity contribution is 8.00. The zero-order valence-electron chi connectivity index (χ0n) is 15.3. The number of esters is 1. The molecule has 5 heteroatoms. The Bertz CT molecular complexity index is 704. The second-order valence-corrected chi connectivity index (χ2v) is 7.53. The minimum Gasteiger partial charge on any atom is -0.463 e. The smallest absolute Gasteiger partial charge is 0.310 e. The fraction of sp³-hybridized carbons (Fsp3) is 0.333. The predicted molar refractivity (Wildman–Crippen MR) is 105 cm³/mol. The average molecular weight is 372 g/mol. The van der Waals surface area contributed by atoms with Crippen molar-refractivity contribution in [3.63, 3.8) is 0 Å². The van der Waals surface area contributed by atoms with E-state index in [-0.39, 0.29) is 35.7 Å². The second-order valence-electron chi connectivity index (χ2n) is 6.35. The van der Waals surface area contributed by atoms with Crippen molar-refractivity contribution in [2.75, 3.05) is 6.54 Å². The van der Waals surface area contributed by atoms with E-state index in [1.54, 1.807) is 6.92 Å². The van der Waals surface area contributed by atoms with Crippen molar-refractivity contribution in [2.24, 2.45) is 5.92 Å². The van der Waals surface area contributed by atoms with Crippen LogP contribution in [0.2, 0.25) is 0 Å². The van der Waals surface area contributed by atoms with Gasteiger partial charge in [-0.2, -0.15) is 0 Å². The largest absolute Gasteiger partial charge is 0.463 e. The standard InChI is InChI=1S/C21H25NO3S/c1-15(2)25-21(24)16(3)14-22-20(23)19(17-10-6-4-7-11-17)26-18-12-8-5-9-13-18/h4-13,15-16,19H,14H2,1-3H3,(H,22,23). The molecule has 0 aliphatic carbocycles. The first-order chi connectivity index (χ1) is 12.5. The Hall–Kier alpha value is -2.27. The molecule has 0 saturated carbocycles. The van der Waals surface area contributed by atoms with Crippen LogP contribution in [0.15, 0.2) is 65.6 Å². The van der Waals surface area contributed by atoms with E-state index < -0.39 is 0 Å². The normalized spacial score (nSPS) is 13.1. The maximum atomic E-state index is 12.8. The van der Waals surface area contributed by atoms with Crippen molar-refractivity contribution < 1.29 is 14.3 Å². The van der Waals surface area contributed by atoms with Crippen LogP contribution in [0.1, 0.15) is 31.6 Å². The number of nitrogens with one attached hydrogen (secondary N) is 1. The lowest BCUT2D eigenvalue weighted by molar-refractivity contribution is -0.151. The molecule has 0 aliphatic rings. The lowest BCUT2D eigenvalue weighted by atomic mass is 10.1. The molecular formula is C21H25NO3S. The third kappa shape index (κ3) is 6.23. The van der Waals surface area contributed by atoms with Crippen molar-refractivity contribution >= 4 is 23.6 Å². The Balaban J connectivity index is 2.05. The van der Waals surface area contributed by atoms with Gasteiger partial charge in [-0.3, -0.25) is 9.59 Å². The summed E-state index contributed by atoms with van der Waals surface area (Å²) >= 11 is 1.49. The summed E-state index contributed by atoms with van der Waals surface area (Å²) in [5.41, 5.74) is 0.927. The molecule has 2 aromatic rings. The van der Waals surface area contributed by atoms with Gasteiger partial charge in [0.2, 0.25) is 5.91 Å². The first kappa shape index (κ1) is 20.0. The summed E-state index contributed by atoms with van der Waals surface area (Å²) in [5.74, 6) is -0.805. The van der Waals surface area contributed by atoms with Gasteiger partial charge < -0.3 is 10.1 Å². The summed E-state index contributed by atoms with van der Waals surface area (Å²) in [7, 11) is 0. The zero-order chi connectivity index (χ0) is 18.9. The molecule has 0 fully saturated rings. The molecule has 2 rings (SSSR count). The average Bonchev–Trinajstić information content (AvgIpc) is 2.65. The Morgan fingerprint density at radius 2 is 1.54 bits per heavy atom. The van der Waals surface area contributed by atoms with Crippen LogP contribution >= 0.6 is 11.8 Å². The van der Waals surface area contributed by atoms with Gasteiger partial charge in [-0.05, 0) is 31.5 Å². The highest BCUT2D eigenvalue weighted by atomic mass is 32.2. The molecule has 1 amide bonds. The number of benzene rings is 2. The number of rotatable bonds is 8. The highest BCUT2D eigenvalue weighted by Gasteiger charge is 2.24. The van der Waals surface area contributed by atoms with Gasteiger partial charge in [0.25, 0.3) is 0 Å². The van der Waals surface area contributed by atoms with Crippen LogP contribution in [0.5, 0.6) is 0 Å². The zero-order valence-corrected chi connectivity index (χ0v) is 16.2. The van der Waals surface area contributed by atoms with E-state index in [2.05, 4.69) is 5.32 Å². The SMILES string of the molecule is CC(C)OC(=O)C(C)CNC(=O)C(Sc1ccccc1)c1ccccc1. The van der Waals surface area contributed by atoms with Gasteiger partial charge in [-0.25, -0.2) is 0 Å². The van der Waals surface area contributed by atoms with Crippen LogP contribution in [-0.4, -0.2) is 24.5 Å². The molecule has 2 aromatic carbocycles. The summed E-state index contributed by atoms with van der Waals surface area (Å²) in [5, 5.41) is 2.51. The van der Waals surface area contributed by atoms with E-state index in [1.165, 1.54) is 11.8 Å². The second kappa shape index (κ2) is 10.0. The molecule has 1 N–H and O–H groups in total. The first-order valence-corrected chi connectivity index (χ1v) is 9.60. The molecule has 26 heavy (non-hydrogen) atoms. The molecule has 0 aromatic heterocycles. The summed E-state index contributed by atoms with van der Waals surface area (Å²) in [6.07, 6.45) is -0.161. The topological polar surface area (TPSA) is 55.4 Å². The monoisotopic (exact) mass is 371 g/mol. The van der Waals surface area contributed by atoms with Crippen LogP contribution in [0.4, 0.5) is 0 Å². The van der Waals surface area contributed by atoms with E-state index >= 15 is 0 Å². The van der Waals surface area contributed by atoms with Crippen molar-refractivity contribution in [1.29, 1.82) is 0 Å². The number of carbonyl (C=O) groups is 2. The summed E-state index contributed by atoms with van der Waals surface area (Å²) < 4.78 is 5.19. The van der Waals surface area contributed by atoms with E-state index in [9.17, 15) is 9.59 Å². The minimum absolute atomic E-state index is 0.116. The van der Waals surface area contributed by atoms with Crippen LogP contribution < -0.4 is 5.32 Å². The van der Waals surface area contributed by atoms with Crippen molar-refractivity contribution in [3.05, 3.63) is 66.2 Å². The third-order valence-electron chi connectivity index (χ3n) is 3.67. The third-order valence-corrected chi connectivity index (χ3v) is 4.94. The minimum atomic E-state index is -0.389. The van der Waals surface area contributed by atoms with Gasteiger partial charge in [0.1, 0.15) is 5.25 Å². The number of hydrogen-bond acceptors (Lipinski definition) is 4. The number of thioether (sulfide) groups is 1. The van der Waals surface area contributed by atoms with Gasteiger partial charge in [0, 0.05) is 11.4 Å². The molecule has 2 atom stereocenters. The van der Waals surface area contributed by atoms with E-state index in [1.807, 2.05) is 74.5 Å². The molecule has 0 spiro atoms. The molecule has 0 heterocycles. The Morgan fingerprint density at radius 1 is 0.962 bits per heavy atom. The van der Waals surface area contributed by atoms with Crippen LogP contribution in [0, 0.1) is 5.92 Å².